The lowest BCUT2D eigenvalue weighted by Gasteiger charge is -2.26. The highest BCUT2D eigenvalue weighted by Crippen LogP contribution is 2.09. The Labute approximate surface area is 86.4 Å². The van der Waals surface area contributed by atoms with E-state index in [1.807, 2.05) is 27.7 Å². The predicted octanol–water partition coefficient (Wildman–Crippen LogP) is 1.45. The van der Waals surface area contributed by atoms with Gasteiger partial charge in [0, 0.05) is 13.6 Å². The molecule has 4 heteroatoms. The fourth-order valence-corrected chi connectivity index (χ4v) is 0.956. The lowest BCUT2D eigenvalue weighted by Crippen LogP contribution is -2.37. The molecular weight excluding hydrogens is 180 g/mol. The van der Waals surface area contributed by atoms with Crippen molar-refractivity contribution >= 4 is 6.09 Å². The van der Waals surface area contributed by atoms with Crippen molar-refractivity contribution in [2.75, 3.05) is 20.1 Å². The summed E-state index contributed by atoms with van der Waals surface area (Å²) in [7, 11) is 1.72. The van der Waals surface area contributed by atoms with Crippen molar-refractivity contribution in [3.05, 3.63) is 0 Å². The monoisotopic (exact) mass is 202 g/mol. The topological polar surface area (TPSA) is 55.6 Å². The quantitative estimate of drug-likeness (QED) is 0.753. The summed E-state index contributed by atoms with van der Waals surface area (Å²) in [6, 6.07) is 0. The summed E-state index contributed by atoms with van der Waals surface area (Å²) in [4.78, 5) is 13.0. The fourth-order valence-electron chi connectivity index (χ4n) is 0.956. The second-order valence-electron chi connectivity index (χ2n) is 4.70. The van der Waals surface area contributed by atoms with E-state index in [-0.39, 0.29) is 6.09 Å². The second kappa shape index (κ2) is 5.20. The van der Waals surface area contributed by atoms with Crippen LogP contribution in [0.2, 0.25) is 0 Å². The highest BCUT2D eigenvalue weighted by atomic mass is 16.6. The molecule has 0 saturated carbocycles. The first-order valence-corrected chi connectivity index (χ1v) is 4.90. The van der Waals surface area contributed by atoms with Gasteiger partial charge >= 0.3 is 6.09 Å². The van der Waals surface area contributed by atoms with Gasteiger partial charge in [0.15, 0.2) is 0 Å². The zero-order valence-corrected chi connectivity index (χ0v) is 9.83. The molecule has 0 rings (SSSR count). The number of nitrogens with zero attached hydrogens (tertiary/aromatic N) is 1. The van der Waals surface area contributed by atoms with Gasteiger partial charge in [-0.1, -0.05) is 6.92 Å². The molecule has 0 fully saturated rings. The smallest absolute Gasteiger partial charge is 0.410 e. The summed E-state index contributed by atoms with van der Waals surface area (Å²) in [5, 5.41) is 0. The Balaban J connectivity index is 4.00. The third-order valence-corrected chi connectivity index (χ3v) is 1.69. The molecule has 0 radical (unpaired) electrons. The molecule has 0 aliphatic heterocycles. The zero-order valence-electron chi connectivity index (χ0n) is 9.83. The first kappa shape index (κ1) is 13.2. The van der Waals surface area contributed by atoms with Crippen LogP contribution < -0.4 is 5.73 Å². The Bertz CT molecular complexity index is 187. The van der Waals surface area contributed by atoms with Gasteiger partial charge in [-0.3, -0.25) is 0 Å². The van der Waals surface area contributed by atoms with E-state index in [1.165, 1.54) is 0 Å². The molecule has 0 aromatic heterocycles. The number of rotatable bonds is 3. The van der Waals surface area contributed by atoms with Gasteiger partial charge in [0.2, 0.25) is 0 Å². The molecule has 0 aliphatic rings. The van der Waals surface area contributed by atoms with Crippen LogP contribution in [0.25, 0.3) is 0 Å². The maximum absolute atomic E-state index is 11.5. The largest absolute Gasteiger partial charge is 0.444 e. The molecule has 0 bridgehead atoms. The minimum atomic E-state index is -0.433. The summed E-state index contributed by atoms with van der Waals surface area (Å²) in [5.74, 6) is 0.299. The van der Waals surface area contributed by atoms with Gasteiger partial charge in [-0.25, -0.2) is 4.79 Å². The van der Waals surface area contributed by atoms with Crippen molar-refractivity contribution in [2.24, 2.45) is 11.7 Å². The van der Waals surface area contributed by atoms with E-state index < -0.39 is 5.60 Å². The summed E-state index contributed by atoms with van der Waals surface area (Å²) in [5.41, 5.74) is 5.04. The minimum Gasteiger partial charge on any atom is -0.444 e. The highest BCUT2D eigenvalue weighted by Gasteiger charge is 2.20. The molecule has 0 unspecified atom stereocenters. The maximum atomic E-state index is 11.5. The van der Waals surface area contributed by atoms with Crippen LogP contribution in [-0.4, -0.2) is 36.7 Å². The van der Waals surface area contributed by atoms with Crippen LogP contribution in [-0.2, 0) is 4.74 Å². The van der Waals surface area contributed by atoms with Crippen LogP contribution in [0.5, 0.6) is 0 Å². The predicted molar refractivity (Wildman–Crippen MR) is 57.1 cm³/mol. The summed E-state index contributed by atoms with van der Waals surface area (Å²) < 4.78 is 5.19. The van der Waals surface area contributed by atoms with E-state index in [1.54, 1.807) is 11.9 Å². The van der Waals surface area contributed by atoms with E-state index in [9.17, 15) is 4.79 Å². The molecule has 0 aromatic rings. The van der Waals surface area contributed by atoms with E-state index in [0.717, 1.165) is 0 Å². The molecule has 0 aromatic carbocycles. The van der Waals surface area contributed by atoms with Crippen LogP contribution in [0.1, 0.15) is 27.7 Å². The minimum absolute atomic E-state index is 0.294. The van der Waals surface area contributed by atoms with Gasteiger partial charge < -0.3 is 15.4 Å². The number of ether oxygens (including phenoxy) is 1. The molecular formula is C10H22N2O2. The molecule has 14 heavy (non-hydrogen) atoms. The lowest BCUT2D eigenvalue weighted by atomic mass is 10.2. The molecule has 1 amide bonds. The SMILES string of the molecule is C[C@@H](CN)CN(C)C(=O)OC(C)(C)C. The molecule has 84 valence electrons. The van der Waals surface area contributed by atoms with Crippen LogP contribution in [0, 0.1) is 5.92 Å². The van der Waals surface area contributed by atoms with Gasteiger partial charge in [0.1, 0.15) is 5.60 Å². The van der Waals surface area contributed by atoms with E-state index in [0.29, 0.717) is 19.0 Å². The molecule has 0 spiro atoms. The molecule has 2 N–H and O–H groups in total. The van der Waals surface area contributed by atoms with Gasteiger partial charge in [0.05, 0.1) is 0 Å². The first-order chi connectivity index (χ1) is 6.26. The van der Waals surface area contributed by atoms with Crippen LogP contribution in [0.3, 0.4) is 0 Å². The van der Waals surface area contributed by atoms with E-state index >= 15 is 0 Å². The van der Waals surface area contributed by atoms with Crippen molar-refractivity contribution in [3.63, 3.8) is 0 Å². The molecule has 0 saturated heterocycles. The van der Waals surface area contributed by atoms with Crippen molar-refractivity contribution < 1.29 is 9.53 Å². The Morgan fingerprint density at radius 1 is 1.50 bits per heavy atom. The third kappa shape index (κ3) is 5.80. The van der Waals surface area contributed by atoms with Crippen molar-refractivity contribution in [1.29, 1.82) is 0 Å². The number of hydrogen-bond donors (Lipinski definition) is 1. The van der Waals surface area contributed by atoms with E-state index in [4.69, 9.17) is 10.5 Å². The summed E-state index contributed by atoms with van der Waals surface area (Å²) in [6.07, 6.45) is -0.294. The Kier molecular flexibility index (Phi) is 4.91. The normalized spacial score (nSPS) is 13.6. The molecule has 4 nitrogen and oxygen atoms in total. The average Bonchev–Trinajstić information content (AvgIpc) is 2.00. The lowest BCUT2D eigenvalue weighted by molar-refractivity contribution is 0.0279. The van der Waals surface area contributed by atoms with Crippen molar-refractivity contribution in [2.45, 2.75) is 33.3 Å². The summed E-state index contributed by atoms with van der Waals surface area (Å²) in [6.45, 7) is 8.76. The maximum Gasteiger partial charge on any atom is 0.410 e. The van der Waals surface area contributed by atoms with Gasteiger partial charge in [-0.2, -0.15) is 0 Å². The Morgan fingerprint density at radius 3 is 2.36 bits per heavy atom. The Hall–Kier alpha value is -0.770. The average molecular weight is 202 g/mol. The van der Waals surface area contributed by atoms with Crippen molar-refractivity contribution in [3.8, 4) is 0 Å². The van der Waals surface area contributed by atoms with Crippen LogP contribution in [0.15, 0.2) is 0 Å². The molecule has 1 atom stereocenters. The number of carbonyl (C=O) groups excluding carboxylic acids is 1. The van der Waals surface area contributed by atoms with Gasteiger partial charge in [-0.15, -0.1) is 0 Å². The Morgan fingerprint density at radius 2 is 2.00 bits per heavy atom. The first-order valence-electron chi connectivity index (χ1n) is 4.90. The molecule has 0 aliphatic carbocycles. The van der Waals surface area contributed by atoms with Crippen LogP contribution >= 0.6 is 0 Å². The van der Waals surface area contributed by atoms with E-state index in [2.05, 4.69) is 0 Å². The standard InChI is InChI=1S/C10H22N2O2/c1-8(6-11)7-12(5)9(13)14-10(2,3)4/h8H,6-7,11H2,1-5H3/t8-/m0/s1. The zero-order chi connectivity index (χ0) is 11.4. The highest BCUT2D eigenvalue weighted by molar-refractivity contribution is 5.67. The number of hydrogen-bond acceptors (Lipinski definition) is 3. The second-order valence-corrected chi connectivity index (χ2v) is 4.70. The van der Waals surface area contributed by atoms with Gasteiger partial charge in [-0.05, 0) is 33.2 Å². The fraction of sp³-hybridized carbons (Fsp3) is 0.900. The van der Waals surface area contributed by atoms with Crippen molar-refractivity contribution in [1.82, 2.24) is 4.90 Å². The number of carbonyl (C=O) groups is 1. The third-order valence-electron chi connectivity index (χ3n) is 1.69. The van der Waals surface area contributed by atoms with Crippen LogP contribution in [0.4, 0.5) is 4.79 Å². The number of amides is 1. The number of nitrogens with two attached hydrogens (primary N) is 1. The summed E-state index contributed by atoms with van der Waals surface area (Å²) >= 11 is 0. The van der Waals surface area contributed by atoms with Gasteiger partial charge in [0.25, 0.3) is 0 Å². The molecule has 0 heterocycles.